The number of hydrogen-bond acceptors (Lipinski definition) is 4. The van der Waals surface area contributed by atoms with Crippen molar-refractivity contribution < 1.29 is 4.79 Å². The van der Waals surface area contributed by atoms with E-state index in [0.717, 1.165) is 0 Å². The van der Waals surface area contributed by atoms with Gasteiger partial charge in [0, 0.05) is 7.05 Å². The van der Waals surface area contributed by atoms with Crippen molar-refractivity contribution in [2.24, 2.45) is 7.05 Å². The lowest BCUT2D eigenvalue weighted by Gasteiger charge is -1.97. The van der Waals surface area contributed by atoms with Crippen molar-refractivity contribution in [3.8, 4) is 0 Å². The fraction of sp³-hybridized carbons (Fsp3) is 0.222. The Morgan fingerprint density at radius 1 is 1.47 bits per heavy atom. The first-order valence-corrected chi connectivity index (χ1v) is 5.45. The quantitative estimate of drug-likeness (QED) is 0.757. The van der Waals surface area contributed by atoms with Gasteiger partial charge in [-0.2, -0.15) is 0 Å². The second kappa shape index (κ2) is 3.75. The van der Waals surface area contributed by atoms with E-state index < -0.39 is 0 Å². The van der Waals surface area contributed by atoms with Crippen molar-refractivity contribution in [1.29, 1.82) is 0 Å². The lowest BCUT2D eigenvalue weighted by Crippen LogP contribution is -2.08. The van der Waals surface area contributed by atoms with Crippen molar-refractivity contribution in [1.82, 2.24) is 14.8 Å². The van der Waals surface area contributed by atoms with Gasteiger partial charge in [0.05, 0.1) is 9.21 Å². The Balaban J connectivity index is 2.41. The summed E-state index contributed by atoms with van der Waals surface area (Å²) in [5.41, 5.74) is 0. The summed E-state index contributed by atoms with van der Waals surface area (Å²) in [7, 11) is 1.76. The Morgan fingerprint density at radius 2 is 2.20 bits per heavy atom. The molecule has 0 unspecified atom stereocenters. The van der Waals surface area contributed by atoms with Crippen LogP contribution in [0.1, 0.15) is 21.3 Å². The smallest absolute Gasteiger partial charge is 0.240 e. The monoisotopic (exact) mass is 241 g/mol. The highest BCUT2D eigenvalue weighted by Gasteiger charge is 2.17. The van der Waals surface area contributed by atoms with Crippen LogP contribution in [-0.4, -0.2) is 20.5 Å². The van der Waals surface area contributed by atoms with Crippen LogP contribution in [-0.2, 0) is 7.05 Å². The molecule has 0 saturated heterocycles. The number of carbonyl (C=O) groups excluding carboxylic acids is 1. The number of ketones is 1. The molecule has 0 radical (unpaired) electrons. The molecular formula is C9H8ClN3OS. The molecule has 0 N–H and O–H groups in total. The fourth-order valence-corrected chi connectivity index (χ4v) is 2.13. The van der Waals surface area contributed by atoms with Crippen LogP contribution in [0, 0.1) is 6.92 Å². The van der Waals surface area contributed by atoms with Crippen molar-refractivity contribution in [3.63, 3.8) is 0 Å². The Hall–Kier alpha value is -1.20. The van der Waals surface area contributed by atoms with Gasteiger partial charge in [-0.15, -0.1) is 21.5 Å². The number of carbonyl (C=O) groups is 1. The van der Waals surface area contributed by atoms with Crippen LogP contribution < -0.4 is 0 Å². The summed E-state index contributed by atoms with van der Waals surface area (Å²) in [4.78, 5) is 12.5. The Labute approximate surface area is 95.5 Å². The number of hydrogen-bond donors (Lipinski definition) is 0. The highest BCUT2D eigenvalue weighted by atomic mass is 35.5. The van der Waals surface area contributed by atoms with Gasteiger partial charge in [-0.05, 0) is 19.1 Å². The molecule has 0 aliphatic carbocycles. The predicted octanol–water partition coefficient (Wildman–Crippen LogP) is 2.07. The van der Waals surface area contributed by atoms with Crippen LogP contribution in [0.3, 0.4) is 0 Å². The number of halogens is 1. The first kappa shape index (κ1) is 10.3. The molecule has 0 spiro atoms. The molecule has 4 nitrogen and oxygen atoms in total. The summed E-state index contributed by atoms with van der Waals surface area (Å²) in [5.74, 6) is 0.905. The van der Waals surface area contributed by atoms with E-state index in [-0.39, 0.29) is 5.78 Å². The van der Waals surface area contributed by atoms with E-state index in [1.807, 2.05) is 0 Å². The third-order valence-corrected chi connectivity index (χ3v) is 3.32. The second-order valence-corrected chi connectivity index (χ2v) is 4.78. The third-order valence-electron chi connectivity index (χ3n) is 2.09. The largest absolute Gasteiger partial charge is 0.312 e. The number of thiophene rings is 1. The Morgan fingerprint density at radius 3 is 2.67 bits per heavy atom. The summed E-state index contributed by atoms with van der Waals surface area (Å²) in [5, 5.41) is 7.66. The van der Waals surface area contributed by atoms with Crippen LogP contribution in [0.25, 0.3) is 0 Å². The fourth-order valence-electron chi connectivity index (χ4n) is 1.15. The molecule has 0 aliphatic heterocycles. The SMILES string of the molecule is Cc1nnc(C(=O)c2ccc(Cl)s2)n1C. The van der Waals surface area contributed by atoms with Crippen molar-refractivity contribution in [2.75, 3.05) is 0 Å². The average molecular weight is 242 g/mol. The maximum atomic E-state index is 11.9. The molecule has 0 amide bonds. The third kappa shape index (κ3) is 1.80. The molecule has 2 rings (SSSR count). The molecule has 0 aromatic carbocycles. The summed E-state index contributed by atoms with van der Waals surface area (Å²) >= 11 is 7.00. The van der Waals surface area contributed by atoms with Crippen LogP contribution in [0.15, 0.2) is 12.1 Å². The van der Waals surface area contributed by atoms with Gasteiger partial charge in [0.1, 0.15) is 5.82 Å². The van der Waals surface area contributed by atoms with Gasteiger partial charge in [0.15, 0.2) is 0 Å². The number of aryl methyl sites for hydroxylation is 1. The molecule has 2 aromatic heterocycles. The van der Waals surface area contributed by atoms with Crippen LogP contribution >= 0.6 is 22.9 Å². The minimum absolute atomic E-state index is 0.144. The van der Waals surface area contributed by atoms with E-state index in [1.165, 1.54) is 11.3 Å². The highest BCUT2D eigenvalue weighted by molar-refractivity contribution is 7.18. The van der Waals surface area contributed by atoms with Crippen molar-refractivity contribution in [2.45, 2.75) is 6.92 Å². The van der Waals surface area contributed by atoms with E-state index in [0.29, 0.717) is 20.9 Å². The van der Waals surface area contributed by atoms with Crippen LogP contribution in [0.5, 0.6) is 0 Å². The van der Waals surface area contributed by atoms with E-state index in [2.05, 4.69) is 10.2 Å². The first-order valence-electron chi connectivity index (χ1n) is 4.25. The maximum Gasteiger partial charge on any atom is 0.240 e. The van der Waals surface area contributed by atoms with E-state index in [1.54, 1.807) is 30.7 Å². The van der Waals surface area contributed by atoms with Gasteiger partial charge >= 0.3 is 0 Å². The van der Waals surface area contributed by atoms with Gasteiger partial charge in [0.2, 0.25) is 11.6 Å². The second-order valence-electron chi connectivity index (χ2n) is 3.06. The molecule has 78 valence electrons. The van der Waals surface area contributed by atoms with E-state index in [9.17, 15) is 4.79 Å². The van der Waals surface area contributed by atoms with Crippen molar-refractivity contribution >= 4 is 28.7 Å². The van der Waals surface area contributed by atoms with Crippen molar-refractivity contribution in [3.05, 3.63) is 33.0 Å². The minimum Gasteiger partial charge on any atom is -0.312 e. The first-order chi connectivity index (χ1) is 7.09. The summed E-state index contributed by atoms with van der Waals surface area (Å²) in [6.45, 7) is 1.80. The average Bonchev–Trinajstić information content (AvgIpc) is 2.75. The van der Waals surface area contributed by atoms with Gasteiger partial charge in [0.25, 0.3) is 0 Å². The van der Waals surface area contributed by atoms with Gasteiger partial charge in [-0.25, -0.2) is 0 Å². The van der Waals surface area contributed by atoms with Crippen LogP contribution in [0.4, 0.5) is 0 Å². The summed E-state index contributed by atoms with van der Waals surface area (Å²) in [6.07, 6.45) is 0. The zero-order chi connectivity index (χ0) is 11.0. The molecule has 15 heavy (non-hydrogen) atoms. The summed E-state index contributed by atoms with van der Waals surface area (Å²) < 4.78 is 2.26. The molecule has 0 saturated carbocycles. The van der Waals surface area contributed by atoms with Crippen LogP contribution in [0.2, 0.25) is 4.34 Å². The Kier molecular flexibility index (Phi) is 2.58. The van der Waals surface area contributed by atoms with Gasteiger partial charge in [-0.1, -0.05) is 11.6 Å². The summed E-state index contributed by atoms with van der Waals surface area (Å²) in [6, 6.07) is 3.39. The van der Waals surface area contributed by atoms with Gasteiger partial charge in [-0.3, -0.25) is 4.79 Å². The topological polar surface area (TPSA) is 47.8 Å². The van der Waals surface area contributed by atoms with Gasteiger partial charge < -0.3 is 4.57 Å². The molecule has 0 aliphatic rings. The number of aromatic nitrogens is 3. The normalized spacial score (nSPS) is 10.6. The number of rotatable bonds is 2. The van der Waals surface area contributed by atoms with E-state index in [4.69, 9.17) is 11.6 Å². The molecule has 0 bridgehead atoms. The molecule has 6 heteroatoms. The predicted molar refractivity (Wildman–Crippen MR) is 58.5 cm³/mol. The minimum atomic E-state index is -0.144. The maximum absolute atomic E-state index is 11.9. The Bertz CT molecular complexity index is 517. The lowest BCUT2D eigenvalue weighted by atomic mass is 10.3. The number of nitrogens with zero attached hydrogens (tertiary/aromatic N) is 3. The molecule has 0 atom stereocenters. The zero-order valence-electron chi connectivity index (χ0n) is 8.19. The zero-order valence-corrected chi connectivity index (χ0v) is 9.76. The standard InChI is InChI=1S/C9H8ClN3OS/c1-5-11-12-9(13(5)2)8(14)6-3-4-7(10)15-6/h3-4H,1-2H3. The molecule has 0 fully saturated rings. The molecule has 2 aromatic rings. The lowest BCUT2D eigenvalue weighted by molar-refractivity contribution is 0.103. The van der Waals surface area contributed by atoms with E-state index >= 15 is 0 Å². The molecular weight excluding hydrogens is 234 g/mol. The highest BCUT2D eigenvalue weighted by Crippen LogP contribution is 2.23. The molecule has 2 heterocycles.